The van der Waals surface area contributed by atoms with Crippen LogP contribution in [0.4, 0.5) is 0 Å². The Morgan fingerprint density at radius 2 is 2.00 bits per heavy atom. The minimum atomic E-state index is -0.926. The number of esters is 1. The Labute approximate surface area is 110 Å². The third-order valence-electron chi connectivity index (χ3n) is 2.66. The topological polar surface area (TPSA) is 87.8 Å². The first kappa shape index (κ1) is 13.2. The van der Waals surface area contributed by atoms with Gasteiger partial charge in [0.1, 0.15) is 13.2 Å². The number of fused-ring (bicyclic) bond motifs is 1. The molecule has 0 bridgehead atoms. The molecule has 0 radical (unpaired) electrons. The predicted octanol–water partition coefficient (Wildman–Crippen LogP) is 0.417. The lowest BCUT2D eigenvalue weighted by molar-refractivity contribution is -0.153. The third kappa shape index (κ3) is 3.37. The summed E-state index contributed by atoms with van der Waals surface area (Å²) in [6, 6.07) is 5.23. The number of carbonyl (C=O) groups is 2. The van der Waals surface area contributed by atoms with Gasteiger partial charge in [-0.05, 0) is 24.6 Å². The highest BCUT2D eigenvalue weighted by molar-refractivity contribution is 5.82. The van der Waals surface area contributed by atoms with Gasteiger partial charge in [0.05, 0.1) is 6.42 Å². The molecule has 1 atom stereocenters. The Hall–Kier alpha value is -2.24. The van der Waals surface area contributed by atoms with Crippen molar-refractivity contribution >= 4 is 11.9 Å². The highest BCUT2D eigenvalue weighted by Crippen LogP contribution is 2.30. The summed E-state index contributed by atoms with van der Waals surface area (Å²) < 4.78 is 15.7. The lowest BCUT2D eigenvalue weighted by Gasteiger charge is -2.18. The Morgan fingerprint density at radius 3 is 2.68 bits per heavy atom. The van der Waals surface area contributed by atoms with Crippen molar-refractivity contribution in [2.45, 2.75) is 19.4 Å². The summed E-state index contributed by atoms with van der Waals surface area (Å²) in [6.07, 6.45) is -0.876. The predicted molar refractivity (Wildman–Crippen MR) is 65.9 cm³/mol. The Morgan fingerprint density at radius 1 is 1.32 bits per heavy atom. The van der Waals surface area contributed by atoms with Gasteiger partial charge in [0.25, 0.3) is 5.91 Å². The molecule has 2 N–H and O–H groups in total. The molecule has 0 aromatic heterocycles. The molecule has 1 aromatic carbocycles. The van der Waals surface area contributed by atoms with Crippen molar-refractivity contribution in [2.75, 3.05) is 13.2 Å². The first-order valence-electron chi connectivity index (χ1n) is 5.93. The highest BCUT2D eigenvalue weighted by atomic mass is 16.6. The molecule has 1 aliphatic rings. The fourth-order valence-electron chi connectivity index (χ4n) is 1.66. The summed E-state index contributed by atoms with van der Waals surface area (Å²) in [4.78, 5) is 22.4. The van der Waals surface area contributed by atoms with Crippen molar-refractivity contribution < 1.29 is 23.8 Å². The molecule has 0 spiro atoms. The van der Waals surface area contributed by atoms with Crippen molar-refractivity contribution in [1.82, 2.24) is 0 Å². The monoisotopic (exact) mass is 265 g/mol. The third-order valence-corrected chi connectivity index (χ3v) is 2.66. The maximum absolute atomic E-state index is 11.6. The highest BCUT2D eigenvalue weighted by Gasteiger charge is 2.17. The quantitative estimate of drug-likeness (QED) is 0.797. The van der Waals surface area contributed by atoms with E-state index in [0.29, 0.717) is 24.7 Å². The number of rotatable bonds is 4. The number of nitrogens with two attached hydrogens (primary N) is 1. The van der Waals surface area contributed by atoms with Gasteiger partial charge in [-0.15, -0.1) is 0 Å². The van der Waals surface area contributed by atoms with Gasteiger partial charge in [-0.2, -0.15) is 0 Å². The zero-order chi connectivity index (χ0) is 13.8. The van der Waals surface area contributed by atoms with Crippen molar-refractivity contribution in [3.8, 4) is 11.5 Å². The van der Waals surface area contributed by atoms with Gasteiger partial charge in [-0.1, -0.05) is 6.07 Å². The molecule has 1 aliphatic heterocycles. The average molecular weight is 265 g/mol. The zero-order valence-electron chi connectivity index (χ0n) is 10.5. The Bertz CT molecular complexity index is 500. The van der Waals surface area contributed by atoms with Gasteiger partial charge < -0.3 is 19.9 Å². The molecule has 0 unspecified atom stereocenters. The summed E-state index contributed by atoms with van der Waals surface area (Å²) in [5.41, 5.74) is 5.74. The van der Waals surface area contributed by atoms with Crippen LogP contribution in [0, 0.1) is 0 Å². The van der Waals surface area contributed by atoms with Crippen LogP contribution in [0.15, 0.2) is 18.2 Å². The number of ether oxygens (including phenoxy) is 3. The zero-order valence-corrected chi connectivity index (χ0v) is 10.5. The lowest BCUT2D eigenvalue weighted by atomic mass is 10.1. The van der Waals surface area contributed by atoms with Gasteiger partial charge in [0.2, 0.25) is 0 Å². The van der Waals surface area contributed by atoms with E-state index in [9.17, 15) is 9.59 Å². The smallest absolute Gasteiger partial charge is 0.311 e. The molecule has 1 amide bonds. The number of benzene rings is 1. The van der Waals surface area contributed by atoms with Crippen LogP contribution in [0.5, 0.6) is 11.5 Å². The SMILES string of the molecule is C[C@@H](OC(=O)Cc1ccc2c(c1)OCCO2)C(N)=O. The van der Waals surface area contributed by atoms with Gasteiger partial charge in [-0.25, -0.2) is 0 Å². The van der Waals surface area contributed by atoms with Crippen LogP contribution in [-0.2, 0) is 20.7 Å². The molecule has 6 nitrogen and oxygen atoms in total. The number of amides is 1. The van der Waals surface area contributed by atoms with E-state index >= 15 is 0 Å². The van der Waals surface area contributed by atoms with E-state index in [4.69, 9.17) is 19.9 Å². The van der Waals surface area contributed by atoms with Crippen molar-refractivity contribution in [2.24, 2.45) is 5.73 Å². The molecule has 2 rings (SSSR count). The average Bonchev–Trinajstić information content (AvgIpc) is 2.38. The Balaban J connectivity index is 1.99. The minimum Gasteiger partial charge on any atom is -0.486 e. The lowest BCUT2D eigenvalue weighted by Crippen LogP contribution is -2.30. The number of carbonyl (C=O) groups excluding carboxylic acids is 2. The van der Waals surface area contributed by atoms with E-state index in [1.165, 1.54) is 6.92 Å². The second-order valence-corrected chi connectivity index (χ2v) is 4.19. The molecule has 0 fully saturated rings. The summed E-state index contributed by atoms with van der Waals surface area (Å²) in [7, 11) is 0. The maximum atomic E-state index is 11.6. The molecular weight excluding hydrogens is 250 g/mol. The fraction of sp³-hybridized carbons (Fsp3) is 0.385. The summed E-state index contributed by atoms with van der Waals surface area (Å²) in [5, 5.41) is 0. The standard InChI is InChI=1S/C13H15NO5/c1-8(13(14)16)19-12(15)7-9-2-3-10-11(6-9)18-5-4-17-10/h2-3,6,8H,4-5,7H2,1H3,(H2,14,16)/t8-/m1/s1. The first-order valence-corrected chi connectivity index (χ1v) is 5.93. The summed E-state index contributed by atoms with van der Waals surface area (Å²) >= 11 is 0. The number of hydrogen-bond acceptors (Lipinski definition) is 5. The Kier molecular flexibility index (Phi) is 3.89. The van der Waals surface area contributed by atoms with Crippen LogP contribution in [0.25, 0.3) is 0 Å². The van der Waals surface area contributed by atoms with Gasteiger partial charge in [-0.3, -0.25) is 9.59 Å². The van der Waals surface area contributed by atoms with E-state index in [1.807, 2.05) is 0 Å². The molecular formula is C13H15NO5. The minimum absolute atomic E-state index is 0.0499. The van der Waals surface area contributed by atoms with Crippen molar-refractivity contribution in [3.05, 3.63) is 23.8 Å². The van der Waals surface area contributed by atoms with E-state index in [-0.39, 0.29) is 6.42 Å². The summed E-state index contributed by atoms with van der Waals surface area (Å²) in [5.74, 6) is 0.0897. The molecule has 0 saturated heterocycles. The van der Waals surface area contributed by atoms with E-state index in [2.05, 4.69) is 0 Å². The summed E-state index contributed by atoms with van der Waals surface area (Å²) in [6.45, 7) is 2.44. The van der Waals surface area contributed by atoms with Crippen LogP contribution in [0.3, 0.4) is 0 Å². The molecule has 1 aromatic rings. The molecule has 19 heavy (non-hydrogen) atoms. The first-order chi connectivity index (χ1) is 9.06. The van der Waals surface area contributed by atoms with Gasteiger partial charge >= 0.3 is 5.97 Å². The van der Waals surface area contributed by atoms with E-state index in [1.54, 1.807) is 18.2 Å². The van der Waals surface area contributed by atoms with Gasteiger partial charge in [0, 0.05) is 0 Å². The normalized spacial score (nSPS) is 14.6. The molecule has 0 aliphatic carbocycles. The fourth-order valence-corrected chi connectivity index (χ4v) is 1.66. The van der Waals surface area contributed by atoms with E-state index in [0.717, 1.165) is 5.56 Å². The largest absolute Gasteiger partial charge is 0.486 e. The number of primary amides is 1. The van der Waals surface area contributed by atoms with Crippen molar-refractivity contribution in [3.63, 3.8) is 0 Å². The van der Waals surface area contributed by atoms with Gasteiger partial charge in [0.15, 0.2) is 17.6 Å². The molecule has 6 heteroatoms. The van der Waals surface area contributed by atoms with Crippen LogP contribution in [-0.4, -0.2) is 31.2 Å². The van der Waals surface area contributed by atoms with Crippen LogP contribution in [0.1, 0.15) is 12.5 Å². The van der Waals surface area contributed by atoms with Crippen LogP contribution in [0.2, 0.25) is 0 Å². The van der Waals surface area contributed by atoms with Crippen LogP contribution < -0.4 is 15.2 Å². The van der Waals surface area contributed by atoms with Crippen molar-refractivity contribution in [1.29, 1.82) is 0 Å². The molecule has 0 saturated carbocycles. The maximum Gasteiger partial charge on any atom is 0.311 e. The molecule has 102 valence electrons. The van der Waals surface area contributed by atoms with E-state index < -0.39 is 18.0 Å². The number of hydrogen-bond donors (Lipinski definition) is 1. The molecule has 1 heterocycles. The second kappa shape index (κ2) is 5.60. The second-order valence-electron chi connectivity index (χ2n) is 4.19. The van der Waals surface area contributed by atoms with Crippen LogP contribution >= 0.6 is 0 Å².